The Kier molecular flexibility index (Phi) is 6.17. The van der Waals surface area contributed by atoms with E-state index in [0.717, 1.165) is 24.1 Å². The van der Waals surface area contributed by atoms with Gasteiger partial charge in [-0.05, 0) is 30.4 Å². The number of para-hydroxylation sites is 1. The van der Waals surface area contributed by atoms with Crippen molar-refractivity contribution in [2.45, 2.75) is 51.9 Å². The molecule has 0 spiro atoms. The van der Waals surface area contributed by atoms with Gasteiger partial charge in [0.05, 0.1) is 0 Å². The number of carbonyl (C=O) groups excluding carboxylic acids is 2. The summed E-state index contributed by atoms with van der Waals surface area (Å²) in [4.78, 5) is 29.1. The van der Waals surface area contributed by atoms with Crippen molar-refractivity contribution in [3.8, 4) is 0 Å². The molecule has 3 rings (SSSR count). The van der Waals surface area contributed by atoms with Crippen LogP contribution in [0.4, 0.5) is 10.5 Å². The summed E-state index contributed by atoms with van der Waals surface area (Å²) >= 11 is 0. The third-order valence-electron chi connectivity index (χ3n) is 5.66. The van der Waals surface area contributed by atoms with Gasteiger partial charge >= 0.3 is 6.03 Å². The van der Waals surface area contributed by atoms with Crippen LogP contribution in [-0.4, -0.2) is 47.9 Å². The van der Waals surface area contributed by atoms with Crippen LogP contribution in [0.15, 0.2) is 24.3 Å². The van der Waals surface area contributed by atoms with Gasteiger partial charge in [-0.3, -0.25) is 4.79 Å². The van der Waals surface area contributed by atoms with Crippen LogP contribution in [-0.2, 0) is 4.79 Å². The molecule has 26 heavy (non-hydrogen) atoms. The molecule has 3 amide bonds. The van der Waals surface area contributed by atoms with Gasteiger partial charge in [-0.1, -0.05) is 51.3 Å². The highest BCUT2D eigenvalue weighted by atomic mass is 16.2. The van der Waals surface area contributed by atoms with Crippen LogP contribution in [0, 0.1) is 5.92 Å². The van der Waals surface area contributed by atoms with Crippen LogP contribution in [0.3, 0.4) is 0 Å². The predicted molar refractivity (Wildman–Crippen MR) is 104 cm³/mol. The largest absolute Gasteiger partial charge is 0.339 e. The van der Waals surface area contributed by atoms with Gasteiger partial charge in [0, 0.05) is 37.8 Å². The Morgan fingerprint density at radius 2 is 1.58 bits per heavy atom. The highest BCUT2D eigenvalue weighted by Crippen LogP contribution is 2.26. The van der Waals surface area contributed by atoms with E-state index in [2.05, 4.69) is 25.2 Å². The minimum Gasteiger partial charge on any atom is -0.339 e. The Balaban J connectivity index is 1.53. The number of nitrogens with zero attached hydrogens (tertiary/aromatic N) is 2. The monoisotopic (exact) mass is 357 g/mol. The number of benzene rings is 1. The second-order valence-corrected chi connectivity index (χ2v) is 7.82. The molecule has 2 aliphatic rings. The Hall–Kier alpha value is -2.04. The first-order valence-electron chi connectivity index (χ1n) is 10.00. The molecule has 5 nitrogen and oxygen atoms in total. The molecule has 5 heteroatoms. The molecule has 0 unspecified atom stereocenters. The molecule has 0 atom stereocenters. The standard InChI is InChI=1S/C21H31N3O2/c1-16(2)18-10-6-7-11-19(18)22-21(26)24-14-12-23(13-15-24)20(25)17-8-4-3-5-9-17/h6-7,10-11,16-17H,3-5,8-9,12-15H2,1-2H3,(H,22,26). The van der Waals surface area contributed by atoms with Crippen molar-refractivity contribution in [1.29, 1.82) is 0 Å². The van der Waals surface area contributed by atoms with E-state index in [1.807, 2.05) is 28.0 Å². The van der Waals surface area contributed by atoms with Gasteiger partial charge in [-0.15, -0.1) is 0 Å². The van der Waals surface area contributed by atoms with Gasteiger partial charge in [0.25, 0.3) is 0 Å². The van der Waals surface area contributed by atoms with E-state index in [4.69, 9.17) is 0 Å². The molecule has 0 radical (unpaired) electrons. The predicted octanol–water partition coefficient (Wildman–Crippen LogP) is 4.07. The molecule has 2 fully saturated rings. The maximum absolute atomic E-state index is 12.6. The number of hydrogen-bond acceptors (Lipinski definition) is 2. The van der Waals surface area contributed by atoms with Crippen molar-refractivity contribution in [3.05, 3.63) is 29.8 Å². The summed E-state index contributed by atoms with van der Waals surface area (Å²) in [6, 6.07) is 7.89. The second kappa shape index (κ2) is 8.56. The highest BCUT2D eigenvalue weighted by molar-refractivity contribution is 5.90. The van der Waals surface area contributed by atoms with Crippen LogP contribution in [0.1, 0.15) is 57.4 Å². The van der Waals surface area contributed by atoms with Gasteiger partial charge in [0.2, 0.25) is 5.91 Å². The summed E-state index contributed by atoms with van der Waals surface area (Å²) in [5.74, 6) is 0.869. The molecule has 0 aromatic heterocycles. The van der Waals surface area contributed by atoms with Gasteiger partial charge in [-0.25, -0.2) is 4.79 Å². The highest BCUT2D eigenvalue weighted by Gasteiger charge is 2.29. The lowest BCUT2D eigenvalue weighted by atomic mass is 9.88. The Bertz CT molecular complexity index is 630. The van der Waals surface area contributed by atoms with E-state index >= 15 is 0 Å². The molecule has 1 saturated heterocycles. The van der Waals surface area contributed by atoms with Crippen LogP contribution in [0.5, 0.6) is 0 Å². The lowest BCUT2D eigenvalue weighted by Crippen LogP contribution is -2.53. The molecule has 1 aliphatic heterocycles. The third kappa shape index (κ3) is 4.37. The maximum atomic E-state index is 12.6. The summed E-state index contributed by atoms with van der Waals surface area (Å²) in [7, 11) is 0. The fourth-order valence-electron chi connectivity index (χ4n) is 4.05. The number of carbonyl (C=O) groups is 2. The number of piperazine rings is 1. The van der Waals surface area contributed by atoms with Crippen molar-refractivity contribution < 1.29 is 9.59 Å². The van der Waals surface area contributed by atoms with Crippen molar-refractivity contribution in [3.63, 3.8) is 0 Å². The lowest BCUT2D eigenvalue weighted by Gasteiger charge is -2.37. The van der Waals surface area contributed by atoms with Crippen LogP contribution >= 0.6 is 0 Å². The quantitative estimate of drug-likeness (QED) is 0.887. The average Bonchev–Trinajstić information content (AvgIpc) is 2.68. The van der Waals surface area contributed by atoms with E-state index < -0.39 is 0 Å². The number of rotatable bonds is 3. The van der Waals surface area contributed by atoms with E-state index in [0.29, 0.717) is 38.0 Å². The fraction of sp³-hybridized carbons (Fsp3) is 0.619. The Morgan fingerprint density at radius 3 is 2.23 bits per heavy atom. The molecule has 0 bridgehead atoms. The second-order valence-electron chi connectivity index (χ2n) is 7.82. The SMILES string of the molecule is CC(C)c1ccccc1NC(=O)N1CCN(C(=O)C2CCCCC2)CC1. The van der Waals surface area contributed by atoms with E-state index in [-0.39, 0.29) is 11.9 Å². The van der Waals surface area contributed by atoms with Crippen LogP contribution in [0.2, 0.25) is 0 Å². The molecule has 1 N–H and O–H groups in total. The normalized spacial score (nSPS) is 18.9. The number of urea groups is 1. The summed E-state index contributed by atoms with van der Waals surface area (Å²) in [5.41, 5.74) is 2.03. The summed E-state index contributed by atoms with van der Waals surface area (Å²) in [6.07, 6.45) is 5.68. The lowest BCUT2D eigenvalue weighted by molar-refractivity contribution is -0.138. The average molecular weight is 357 g/mol. The van der Waals surface area contributed by atoms with Gasteiger partial charge in [0.1, 0.15) is 0 Å². The summed E-state index contributed by atoms with van der Waals surface area (Å²) in [6.45, 7) is 6.76. The van der Waals surface area contributed by atoms with E-state index in [9.17, 15) is 9.59 Å². The van der Waals surface area contributed by atoms with Crippen LogP contribution in [0.25, 0.3) is 0 Å². The number of hydrogen-bond donors (Lipinski definition) is 1. The topological polar surface area (TPSA) is 52.7 Å². The van der Waals surface area contributed by atoms with Crippen molar-refractivity contribution >= 4 is 17.6 Å². The molecule has 1 aliphatic carbocycles. The minimum atomic E-state index is -0.0668. The smallest absolute Gasteiger partial charge is 0.321 e. The van der Waals surface area contributed by atoms with Crippen molar-refractivity contribution in [1.82, 2.24) is 9.80 Å². The third-order valence-corrected chi connectivity index (χ3v) is 5.66. The molecule has 1 saturated carbocycles. The summed E-state index contributed by atoms with van der Waals surface area (Å²) in [5, 5.41) is 3.05. The zero-order chi connectivity index (χ0) is 18.5. The number of nitrogens with one attached hydrogen (secondary N) is 1. The van der Waals surface area contributed by atoms with Gasteiger partial charge in [0.15, 0.2) is 0 Å². The summed E-state index contributed by atoms with van der Waals surface area (Å²) < 4.78 is 0. The Morgan fingerprint density at radius 1 is 0.962 bits per heavy atom. The van der Waals surface area contributed by atoms with E-state index in [1.165, 1.54) is 19.3 Å². The minimum absolute atomic E-state index is 0.0668. The van der Waals surface area contributed by atoms with Crippen molar-refractivity contribution in [2.24, 2.45) is 5.92 Å². The van der Waals surface area contributed by atoms with E-state index in [1.54, 1.807) is 0 Å². The van der Waals surface area contributed by atoms with Crippen LogP contribution < -0.4 is 5.32 Å². The first kappa shape index (κ1) is 18.7. The molecular formula is C21H31N3O2. The zero-order valence-electron chi connectivity index (χ0n) is 16.0. The molecular weight excluding hydrogens is 326 g/mol. The number of amides is 3. The van der Waals surface area contributed by atoms with Crippen molar-refractivity contribution in [2.75, 3.05) is 31.5 Å². The maximum Gasteiger partial charge on any atom is 0.321 e. The molecule has 1 aromatic rings. The zero-order valence-corrected chi connectivity index (χ0v) is 16.0. The van der Waals surface area contributed by atoms with Gasteiger partial charge < -0.3 is 15.1 Å². The first-order chi connectivity index (χ1) is 12.6. The molecule has 142 valence electrons. The molecule has 1 aromatic carbocycles. The van der Waals surface area contributed by atoms with Gasteiger partial charge in [-0.2, -0.15) is 0 Å². The Labute approximate surface area is 156 Å². The first-order valence-corrected chi connectivity index (χ1v) is 10.00. The molecule has 1 heterocycles. The number of anilines is 1. The fourth-order valence-corrected chi connectivity index (χ4v) is 4.05.